The zero-order valence-electron chi connectivity index (χ0n) is 11.2. The lowest BCUT2D eigenvalue weighted by Crippen LogP contribution is -2.61. The lowest BCUT2D eigenvalue weighted by molar-refractivity contribution is -0.246. The highest BCUT2D eigenvalue weighted by atomic mass is 16.7. The Morgan fingerprint density at radius 1 is 1.00 bits per heavy atom. The van der Waals surface area contributed by atoms with Gasteiger partial charge in [0.15, 0.2) is 18.3 Å². The first-order valence-corrected chi connectivity index (χ1v) is 5.74. The average molecular weight is 285 g/mol. The second-order valence-electron chi connectivity index (χ2n) is 4.00. The van der Waals surface area contributed by atoms with Crippen LogP contribution in [0.2, 0.25) is 0 Å². The van der Waals surface area contributed by atoms with Gasteiger partial charge in [0, 0.05) is 20.8 Å². The molecule has 0 spiro atoms. The van der Waals surface area contributed by atoms with Gasteiger partial charge >= 0.3 is 17.9 Å². The maximum absolute atomic E-state index is 11.1. The summed E-state index contributed by atoms with van der Waals surface area (Å²) in [6.45, 7) is 3.50. The van der Waals surface area contributed by atoms with Crippen LogP contribution in [0.1, 0.15) is 20.8 Å². The summed E-state index contributed by atoms with van der Waals surface area (Å²) in [5.74, 6) is 0.319. The summed E-state index contributed by atoms with van der Waals surface area (Å²) in [7, 11) is 0. The number of nitrogens with one attached hydrogen (secondary N) is 1. The van der Waals surface area contributed by atoms with Crippen LogP contribution in [-0.4, -0.2) is 42.4 Å². The van der Waals surface area contributed by atoms with E-state index in [9.17, 15) is 14.4 Å². The highest BCUT2D eigenvalue weighted by molar-refractivity contribution is 5.68. The van der Waals surface area contributed by atoms with E-state index in [0.717, 1.165) is 6.92 Å². The van der Waals surface area contributed by atoms with Crippen LogP contribution in [0.25, 0.3) is 0 Å². The highest BCUT2D eigenvalue weighted by Crippen LogP contribution is 2.21. The van der Waals surface area contributed by atoms with E-state index < -0.39 is 42.4 Å². The zero-order valence-corrected chi connectivity index (χ0v) is 11.2. The first kappa shape index (κ1) is 15.9. The third-order valence-corrected chi connectivity index (χ3v) is 2.29. The van der Waals surface area contributed by atoms with Gasteiger partial charge in [-0.05, 0) is 0 Å². The average Bonchev–Trinajstić information content (AvgIpc) is 2.31. The fourth-order valence-electron chi connectivity index (χ4n) is 1.66. The Morgan fingerprint density at radius 2 is 1.50 bits per heavy atom. The van der Waals surface area contributed by atoms with Crippen molar-refractivity contribution in [2.24, 2.45) is 0 Å². The minimum atomic E-state index is -1.13. The largest absolute Gasteiger partial charge is 0.454 e. The molecule has 4 atom stereocenters. The molecule has 0 aliphatic carbocycles. The first-order valence-electron chi connectivity index (χ1n) is 5.74. The van der Waals surface area contributed by atoms with E-state index in [1.165, 1.54) is 13.8 Å². The molecule has 0 aromatic carbocycles. The molecule has 8 heteroatoms. The van der Waals surface area contributed by atoms with Gasteiger partial charge in [-0.3, -0.25) is 19.2 Å². The van der Waals surface area contributed by atoms with E-state index in [0.29, 0.717) is 0 Å². The van der Waals surface area contributed by atoms with E-state index in [-0.39, 0.29) is 0 Å². The monoisotopic (exact) mass is 285 g/mol. The maximum atomic E-state index is 11.1. The molecule has 20 heavy (non-hydrogen) atoms. The number of carbonyl (C=O) groups excluding carboxylic acids is 3. The molecule has 1 fully saturated rings. The van der Waals surface area contributed by atoms with E-state index in [1.54, 1.807) is 0 Å². The van der Waals surface area contributed by atoms with Crippen LogP contribution in [0, 0.1) is 12.3 Å². The number of rotatable bonds is 3. The molecule has 0 radical (unpaired) electrons. The Bertz CT molecular complexity index is 442. The van der Waals surface area contributed by atoms with Crippen LogP contribution < -0.4 is 5.48 Å². The molecule has 1 saturated heterocycles. The lowest BCUT2D eigenvalue weighted by Gasteiger charge is -2.38. The van der Waals surface area contributed by atoms with Gasteiger partial charge in [0.1, 0.15) is 0 Å². The molecule has 1 heterocycles. The molecule has 0 aromatic rings. The fourth-order valence-corrected chi connectivity index (χ4v) is 1.66. The molecule has 1 aliphatic rings. The van der Waals surface area contributed by atoms with Gasteiger partial charge < -0.3 is 14.2 Å². The molecule has 1 aliphatic heterocycles. The molecule has 110 valence electrons. The molecule has 0 bridgehead atoms. The first-order chi connectivity index (χ1) is 9.35. The van der Waals surface area contributed by atoms with Crippen molar-refractivity contribution in [3.05, 3.63) is 0 Å². The van der Waals surface area contributed by atoms with Crippen LogP contribution >= 0.6 is 0 Å². The number of hydroxylamine groups is 1. The van der Waals surface area contributed by atoms with Crippen molar-refractivity contribution in [3.63, 3.8) is 0 Å². The van der Waals surface area contributed by atoms with Crippen molar-refractivity contribution in [2.75, 3.05) is 0 Å². The predicted octanol–water partition coefficient (Wildman–Crippen LogP) is -0.724. The summed E-state index contributed by atoms with van der Waals surface area (Å²) in [6, 6.07) is 0. The van der Waals surface area contributed by atoms with Gasteiger partial charge in [-0.25, -0.2) is 0 Å². The van der Waals surface area contributed by atoms with Crippen molar-refractivity contribution in [1.82, 2.24) is 5.48 Å². The lowest BCUT2D eigenvalue weighted by atomic mass is 10.1. The Labute approximate surface area is 115 Å². The Kier molecular flexibility index (Phi) is 5.49. The summed E-state index contributed by atoms with van der Waals surface area (Å²) in [5, 5.41) is 0. The molecular formula is C12H15NO7. The molecule has 8 nitrogen and oxygen atoms in total. The topological polar surface area (TPSA) is 100 Å². The molecule has 3 unspecified atom stereocenters. The van der Waals surface area contributed by atoms with Crippen LogP contribution in [0.4, 0.5) is 0 Å². The van der Waals surface area contributed by atoms with Gasteiger partial charge in [0.25, 0.3) is 0 Å². The van der Waals surface area contributed by atoms with Gasteiger partial charge in [0.2, 0.25) is 6.23 Å². The molecule has 1 N–H and O–H groups in total. The van der Waals surface area contributed by atoms with Gasteiger partial charge in [-0.1, -0.05) is 5.92 Å². The standard InChI is InChI=1S/C12H15NO7/c1-5-9-10(17-6(2)14)11(18-7(3)15)12(13-20-9)19-8(4)16/h1,9-13H,2-4H3/t9?,10-,11?,12?/m1/s1. The number of ether oxygens (including phenoxy) is 3. The summed E-state index contributed by atoms with van der Waals surface area (Å²) < 4.78 is 14.9. The Morgan fingerprint density at radius 3 is 1.95 bits per heavy atom. The van der Waals surface area contributed by atoms with Crippen molar-refractivity contribution in [3.8, 4) is 12.3 Å². The van der Waals surface area contributed by atoms with Crippen LogP contribution in [-0.2, 0) is 33.4 Å². The normalized spacial score (nSPS) is 28.9. The van der Waals surface area contributed by atoms with Crippen molar-refractivity contribution in [2.45, 2.75) is 45.3 Å². The molecular weight excluding hydrogens is 270 g/mol. The van der Waals surface area contributed by atoms with Crippen molar-refractivity contribution >= 4 is 17.9 Å². The summed E-state index contributed by atoms with van der Waals surface area (Å²) in [4.78, 5) is 38.3. The Balaban J connectivity index is 2.99. The second kappa shape index (κ2) is 6.88. The number of esters is 3. The zero-order chi connectivity index (χ0) is 15.3. The molecule has 0 aromatic heterocycles. The van der Waals surface area contributed by atoms with Crippen molar-refractivity contribution in [1.29, 1.82) is 0 Å². The number of hydrogen-bond acceptors (Lipinski definition) is 8. The highest BCUT2D eigenvalue weighted by Gasteiger charge is 2.46. The quantitative estimate of drug-likeness (QED) is 0.412. The van der Waals surface area contributed by atoms with E-state index in [4.69, 9.17) is 25.5 Å². The summed E-state index contributed by atoms with van der Waals surface area (Å²) in [6.07, 6.45) is 0.924. The van der Waals surface area contributed by atoms with Crippen LogP contribution in [0.5, 0.6) is 0 Å². The number of terminal acetylenes is 1. The van der Waals surface area contributed by atoms with E-state index >= 15 is 0 Å². The second-order valence-corrected chi connectivity index (χ2v) is 4.00. The van der Waals surface area contributed by atoms with Gasteiger partial charge in [-0.15, -0.1) is 6.42 Å². The third kappa shape index (κ3) is 4.22. The SMILES string of the molecule is C#CC1ONC(OC(C)=O)C(OC(C)=O)[C@@H]1OC(C)=O. The third-order valence-electron chi connectivity index (χ3n) is 2.29. The van der Waals surface area contributed by atoms with Gasteiger partial charge in [-0.2, -0.15) is 5.48 Å². The smallest absolute Gasteiger partial charge is 0.304 e. The maximum Gasteiger partial charge on any atom is 0.304 e. The minimum absolute atomic E-state index is 0.635. The van der Waals surface area contributed by atoms with E-state index in [1.807, 2.05) is 0 Å². The predicted molar refractivity (Wildman–Crippen MR) is 63.5 cm³/mol. The molecule has 0 amide bonds. The molecule has 0 saturated carbocycles. The number of carbonyl (C=O) groups is 3. The van der Waals surface area contributed by atoms with Crippen LogP contribution in [0.15, 0.2) is 0 Å². The Hall–Kier alpha value is -2.11. The van der Waals surface area contributed by atoms with Crippen LogP contribution in [0.3, 0.4) is 0 Å². The van der Waals surface area contributed by atoms with E-state index in [2.05, 4.69) is 11.4 Å². The summed E-state index contributed by atoms with van der Waals surface area (Å²) in [5.41, 5.74) is 2.36. The van der Waals surface area contributed by atoms with Gasteiger partial charge in [0.05, 0.1) is 0 Å². The number of hydrogen-bond donors (Lipinski definition) is 1. The molecule has 1 rings (SSSR count). The summed E-state index contributed by atoms with van der Waals surface area (Å²) >= 11 is 0. The minimum Gasteiger partial charge on any atom is -0.454 e. The van der Waals surface area contributed by atoms with Crippen molar-refractivity contribution < 1.29 is 33.4 Å². The fraction of sp³-hybridized carbons (Fsp3) is 0.583.